The maximum atomic E-state index is 12.2. The molecule has 0 amide bonds. The molecule has 1 aromatic rings. The molecule has 24 heteroatoms. The first kappa shape index (κ1) is 32.9. The maximum Gasteiger partial charge on any atom is 0.490 e. The number of imidazole rings is 1. The molecule has 1 aromatic heterocycles. The number of phosphoric ester groups is 1. The van der Waals surface area contributed by atoms with Crippen molar-refractivity contribution in [2.24, 2.45) is 22.2 Å². The molecular weight excluding hydrogens is 627 g/mol. The lowest BCUT2D eigenvalue weighted by Gasteiger charge is -2.23. The van der Waals surface area contributed by atoms with Crippen LogP contribution in [0.5, 0.6) is 0 Å². The van der Waals surface area contributed by atoms with Gasteiger partial charge in [-0.1, -0.05) is 21.6 Å². The topological polar surface area (TPSA) is 299 Å². The Balaban J connectivity index is 1.71. The molecule has 0 saturated carbocycles. The number of aliphatic imine (C=N–C) groups is 1. The molecule has 224 valence electrons. The average molecular weight is 657 g/mol. The van der Waals surface area contributed by atoms with Gasteiger partial charge in [0.1, 0.15) is 35.9 Å². The quantitative estimate of drug-likeness (QED) is 0.0590. The van der Waals surface area contributed by atoms with Gasteiger partial charge in [-0.3, -0.25) is 9.09 Å². The third-order valence-electron chi connectivity index (χ3n) is 5.04. The number of ether oxygens (including phenoxy) is 2. The van der Waals surface area contributed by atoms with Crippen molar-refractivity contribution in [3.63, 3.8) is 0 Å². The molecule has 3 rings (SSSR count). The minimum Gasteiger partial charge on any atom is -0.370 e. The number of nitrogens with zero attached hydrogens (tertiary/aromatic N) is 3. The zero-order chi connectivity index (χ0) is 29.2. The van der Waals surface area contributed by atoms with Crippen LogP contribution in [-0.4, -0.2) is 71.1 Å². The Hall–Kier alpha value is -0.570. The fourth-order valence-corrected chi connectivity index (χ4v) is 8.47. The summed E-state index contributed by atoms with van der Waals surface area (Å²) in [4.78, 5) is 44.8. The van der Waals surface area contributed by atoms with Gasteiger partial charge < -0.3 is 51.6 Å². The van der Waals surface area contributed by atoms with Crippen molar-refractivity contribution in [2.75, 3.05) is 24.4 Å². The molecule has 3 heterocycles. The van der Waals surface area contributed by atoms with E-state index in [4.69, 9.17) is 41.0 Å². The fraction of sp³-hybridized carbons (Fsp3) is 0.733. The van der Waals surface area contributed by atoms with Gasteiger partial charge in [-0.2, -0.15) is 8.62 Å². The summed E-state index contributed by atoms with van der Waals surface area (Å²) >= 11 is 0. The van der Waals surface area contributed by atoms with Crippen molar-refractivity contribution >= 4 is 56.8 Å². The van der Waals surface area contributed by atoms with Crippen LogP contribution in [0, 0.1) is 0 Å². The molecule has 2 aliphatic rings. The van der Waals surface area contributed by atoms with E-state index in [0.29, 0.717) is 18.1 Å². The summed E-state index contributed by atoms with van der Waals surface area (Å²) in [5, 5.41) is 2.86. The first-order valence-electron chi connectivity index (χ1n) is 10.9. The van der Waals surface area contributed by atoms with E-state index in [1.807, 2.05) is 13.8 Å². The Kier molecular flexibility index (Phi) is 10.8. The van der Waals surface area contributed by atoms with Gasteiger partial charge in [-0.25, -0.2) is 23.7 Å². The minimum atomic E-state index is -5.67. The number of nitrogens with one attached hydrogen (secondary N) is 1. The van der Waals surface area contributed by atoms with Gasteiger partial charge in [0.2, 0.25) is 0 Å². The smallest absolute Gasteiger partial charge is 0.370 e. The van der Waals surface area contributed by atoms with E-state index >= 15 is 0 Å². The van der Waals surface area contributed by atoms with Crippen LogP contribution in [0.25, 0.3) is 0 Å². The Morgan fingerprint density at radius 1 is 1.23 bits per heavy atom. The summed E-state index contributed by atoms with van der Waals surface area (Å²) in [6.45, 7) is 3.65. The average Bonchev–Trinajstić information content (AvgIpc) is 3.37. The normalized spacial score (nSPS) is 26.8. The summed E-state index contributed by atoms with van der Waals surface area (Å²) < 4.78 is 60.2. The number of phosphoric acid groups is 3. The van der Waals surface area contributed by atoms with E-state index < -0.39 is 54.7 Å². The molecule has 6 atom stereocenters. The van der Waals surface area contributed by atoms with E-state index in [9.17, 15) is 23.5 Å². The van der Waals surface area contributed by atoms with Crippen molar-refractivity contribution in [2.45, 2.75) is 49.6 Å². The van der Waals surface area contributed by atoms with Crippen molar-refractivity contribution in [3.05, 3.63) is 12.0 Å². The van der Waals surface area contributed by atoms with E-state index in [2.05, 4.69) is 23.9 Å². The molecular formula is C15H30N7O12P3S2. The summed E-state index contributed by atoms with van der Waals surface area (Å²) in [7, 11) is -13.7. The van der Waals surface area contributed by atoms with E-state index in [1.54, 1.807) is 4.57 Å². The third-order valence-corrected chi connectivity index (χ3v) is 11.8. The maximum absolute atomic E-state index is 12.2. The van der Waals surface area contributed by atoms with E-state index in [-0.39, 0.29) is 23.1 Å². The van der Waals surface area contributed by atoms with Gasteiger partial charge in [-0.15, -0.1) is 0 Å². The summed E-state index contributed by atoms with van der Waals surface area (Å²) in [5.41, 5.74) is 17.9. The van der Waals surface area contributed by atoms with Crippen LogP contribution < -0.4 is 22.5 Å². The predicted molar refractivity (Wildman–Crippen MR) is 141 cm³/mol. The van der Waals surface area contributed by atoms with Gasteiger partial charge in [0.05, 0.1) is 19.0 Å². The summed E-state index contributed by atoms with van der Waals surface area (Å²) in [6, 6.07) is 0. The first-order valence-corrected chi connectivity index (χ1v) is 17.7. The number of rotatable bonds is 14. The molecule has 0 spiro atoms. The van der Waals surface area contributed by atoms with Gasteiger partial charge >= 0.3 is 23.5 Å². The second-order valence-electron chi connectivity index (χ2n) is 8.71. The highest BCUT2D eigenvalue weighted by Gasteiger charge is 2.44. The van der Waals surface area contributed by atoms with Crippen LogP contribution in [0.15, 0.2) is 11.3 Å². The zero-order valence-corrected chi connectivity index (χ0v) is 24.8. The third kappa shape index (κ3) is 9.75. The van der Waals surface area contributed by atoms with Gasteiger partial charge in [-0.05, 0) is 13.8 Å². The Morgan fingerprint density at radius 2 is 1.92 bits per heavy atom. The molecule has 0 aromatic carbocycles. The van der Waals surface area contributed by atoms with E-state index in [1.165, 1.54) is 27.9 Å². The molecule has 0 bridgehead atoms. The zero-order valence-electron chi connectivity index (χ0n) is 20.5. The van der Waals surface area contributed by atoms with Gasteiger partial charge in [0, 0.05) is 17.7 Å². The number of anilines is 1. The lowest BCUT2D eigenvalue weighted by atomic mass is 10.2. The van der Waals surface area contributed by atoms with Crippen molar-refractivity contribution < 1.29 is 55.9 Å². The minimum absolute atomic E-state index is 0.0581. The molecule has 11 N–H and O–H groups in total. The van der Waals surface area contributed by atoms with Gasteiger partial charge in [0.25, 0.3) is 0 Å². The predicted octanol–water partition coefficient (Wildman–Crippen LogP) is 0.673. The second kappa shape index (κ2) is 12.7. The Labute approximate surface area is 230 Å². The van der Waals surface area contributed by atoms with Crippen LogP contribution in [0.3, 0.4) is 0 Å². The molecule has 4 unspecified atom stereocenters. The summed E-state index contributed by atoms with van der Waals surface area (Å²) in [5.74, 6) is 0.648. The largest absolute Gasteiger partial charge is 0.490 e. The van der Waals surface area contributed by atoms with Crippen molar-refractivity contribution in [1.29, 1.82) is 0 Å². The van der Waals surface area contributed by atoms with Crippen LogP contribution in [0.1, 0.15) is 38.4 Å². The Morgan fingerprint density at radius 3 is 2.56 bits per heavy atom. The number of fused-ring (bicyclic) bond motifs is 1. The van der Waals surface area contributed by atoms with Crippen molar-refractivity contribution in [1.82, 2.24) is 9.55 Å². The number of nitrogens with two attached hydrogens (primary N) is 3. The summed E-state index contributed by atoms with van der Waals surface area (Å²) in [6.07, 6.45) is -1.66. The highest BCUT2D eigenvalue weighted by Crippen LogP contribution is 2.66. The number of hydrogen-bond acceptors (Lipinski definition) is 16. The van der Waals surface area contributed by atoms with Crippen LogP contribution in [0.2, 0.25) is 0 Å². The number of guanidine groups is 1. The monoisotopic (exact) mass is 657 g/mol. The second-order valence-corrected chi connectivity index (χ2v) is 16.1. The highest BCUT2D eigenvalue weighted by molar-refractivity contribution is 8.77. The SMILES string of the molecule is CC(C)(CN)SSCOC1C[C@H](n2cnc3c2NC(N)=NC3N)O[C@@H]1COP(=O)(O)OP(=O)(O)OP(=O)(O)O. The molecule has 39 heavy (non-hydrogen) atoms. The molecule has 1 saturated heterocycles. The van der Waals surface area contributed by atoms with Crippen LogP contribution >= 0.6 is 45.1 Å². The van der Waals surface area contributed by atoms with Crippen LogP contribution in [-0.2, 0) is 36.3 Å². The molecule has 1 fully saturated rings. The highest BCUT2D eigenvalue weighted by atomic mass is 33.1. The molecule has 0 radical (unpaired) electrons. The van der Waals surface area contributed by atoms with Crippen LogP contribution in [0.4, 0.5) is 5.82 Å². The number of aromatic nitrogens is 2. The van der Waals surface area contributed by atoms with E-state index in [0.717, 1.165) is 0 Å². The Bertz CT molecular complexity index is 1200. The molecule has 2 aliphatic heterocycles. The van der Waals surface area contributed by atoms with Gasteiger partial charge in [0.15, 0.2) is 5.96 Å². The molecule has 0 aliphatic carbocycles. The lowest BCUT2D eigenvalue weighted by Crippen LogP contribution is -2.32. The first-order chi connectivity index (χ1) is 17.9. The van der Waals surface area contributed by atoms with Crippen molar-refractivity contribution in [3.8, 4) is 0 Å². The standard InChI is InChI=1S/C15H30N7O12P3S2/c1-15(2,5-16)39-38-7-30-8-3-10(22-6-19-11-12(17)20-14(18)21-13(11)22)32-9(8)4-31-36(26,27)34-37(28,29)33-35(23,24)25/h6,8-10,12H,3-5,7,16-17H2,1-2H3,(H,26,27)(H,28,29)(H3,18,20,21)(H2,23,24,25)/t8?,9-,10-,12?/m1/s1. The molecule has 19 nitrogen and oxygen atoms in total. The number of hydrogen-bond donors (Lipinski definition) is 8. The lowest BCUT2D eigenvalue weighted by molar-refractivity contribution is -0.0526. The fourth-order valence-electron chi connectivity index (χ4n) is 3.30.